The molecule has 0 spiro atoms. The molecule has 1 aliphatic rings. The van der Waals surface area contributed by atoms with Crippen molar-refractivity contribution in [3.05, 3.63) is 87.1 Å². The van der Waals surface area contributed by atoms with Gasteiger partial charge in [-0.2, -0.15) is 0 Å². The summed E-state index contributed by atoms with van der Waals surface area (Å²) in [5.41, 5.74) is 1.54. The summed E-state index contributed by atoms with van der Waals surface area (Å²) >= 11 is 0. The number of hydrogen-bond donors (Lipinski definition) is 0. The van der Waals surface area contributed by atoms with Crippen LogP contribution in [0.2, 0.25) is 0 Å². The summed E-state index contributed by atoms with van der Waals surface area (Å²) in [4.78, 5) is 44.5. The molecular formula is C26H30N4O7. The predicted octanol–water partition coefficient (Wildman–Crippen LogP) is 4.06. The maximum atomic E-state index is 13.4. The summed E-state index contributed by atoms with van der Waals surface area (Å²) < 4.78 is 16.1. The van der Waals surface area contributed by atoms with E-state index >= 15 is 0 Å². The van der Waals surface area contributed by atoms with Crippen molar-refractivity contribution in [2.75, 3.05) is 33.9 Å². The first-order valence-electron chi connectivity index (χ1n) is 11.7. The molecule has 0 bridgehead atoms. The zero-order valence-corrected chi connectivity index (χ0v) is 21.2. The Morgan fingerprint density at radius 2 is 1.86 bits per heavy atom. The van der Waals surface area contributed by atoms with Crippen molar-refractivity contribution in [2.45, 2.75) is 26.4 Å². The number of amides is 1. The number of methoxy groups -OCH3 is 1. The number of ether oxygens (including phenoxy) is 3. The van der Waals surface area contributed by atoms with Gasteiger partial charge in [0.25, 0.3) is 5.69 Å². The molecule has 0 saturated heterocycles. The minimum absolute atomic E-state index is 0.0504. The highest BCUT2D eigenvalue weighted by molar-refractivity contribution is 5.99. The lowest BCUT2D eigenvalue weighted by molar-refractivity contribution is -0.384. The highest BCUT2D eigenvalue weighted by atomic mass is 16.6. The molecule has 0 aromatic heterocycles. The largest absolute Gasteiger partial charge is 0.468 e. The average Bonchev–Trinajstić information content (AvgIpc) is 2.88. The molecule has 196 valence electrons. The Morgan fingerprint density at radius 1 is 1.14 bits per heavy atom. The summed E-state index contributed by atoms with van der Waals surface area (Å²) in [7, 11) is 3.24. The lowest BCUT2D eigenvalue weighted by Crippen LogP contribution is -2.46. The van der Waals surface area contributed by atoms with Gasteiger partial charge in [0, 0.05) is 25.2 Å². The van der Waals surface area contributed by atoms with Crippen LogP contribution in [0.4, 0.5) is 10.5 Å². The monoisotopic (exact) mass is 510 g/mol. The fourth-order valence-corrected chi connectivity index (χ4v) is 3.95. The van der Waals surface area contributed by atoms with E-state index in [9.17, 15) is 19.7 Å². The van der Waals surface area contributed by atoms with E-state index in [4.69, 9.17) is 14.2 Å². The number of rotatable bonds is 9. The molecule has 1 amide bonds. The molecule has 11 nitrogen and oxygen atoms in total. The Kier molecular flexibility index (Phi) is 9.33. The standard InChI is InChI=1S/C26H30N4O7/c1-5-36-24(31)22-18(2)27-25(35-4)29(23(22)20-12-9-13-21(16-20)30(33)34)26(32)37-15-14-28(3)17-19-10-7-6-8-11-19/h6-13,16,23H,5,14-15,17H2,1-4H3. The van der Waals surface area contributed by atoms with E-state index in [0.29, 0.717) is 18.7 Å². The number of nitrogens with zero attached hydrogens (tertiary/aromatic N) is 4. The highest BCUT2D eigenvalue weighted by Gasteiger charge is 2.42. The molecule has 2 aromatic carbocycles. The van der Waals surface area contributed by atoms with Gasteiger partial charge in [-0.15, -0.1) is 0 Å². The second-order valence-electron chi connectivity index (χ2n) is 8.28. The number of amidine groups is 1. The molecule has 0 N–H and O–H groups in total. The SMILES string of the molecule is CCOC(=O)C1=C(C)N=C(OC)N(C(=O)OCCN(C)Cc2ccccc2)C1c1cccc([N+](=O)[O-])c1. The maximum absolute atomic E-state index is 13.4. The number of allylic oxidation sites excluding steroid dienone is 1. The van der Waals surface area contributed by atoms with Gasteiger partial charge in [-0.05, 0) is 32.0 Å². The van der Waals surface area contributed by atoms with Gasteiger partial charge >= 0.3 is 18.1 Å². The van der Waals surface area contributed by atoms with Crippen LogP contribution in [0.5, 0.6) is 0 Å². The Balaban J connectivity index is 1.88. The fraction of sp³-hybridized carbons (Fsp3) is 0.346. The minimum atomic E-state index is -1.11. The molecule has 0 radical (unpaired) electrons. The van der Waals surface area contributed by atoms with E-state index in [0.717, 1.165) is 10.5 Å². The van der Waals surface area contributed by atoms with Crippen molar-refractivity contribution in [1.29, 1.82) is 0 Å². The number of carbonyl (C=O) groups excluding carboxylic acids is 2. The molecule has 0 saturated carbocycles. The molecule has 1 unspecified atom stereocenters. The first-order valence-corrected chi connectivity index (χ1v) is 11.7. The van der Waals surface area contributed by atoms with E-state index < -0.39 is 23.0 Å². The first kappa shape index (κ1) is 27.3. The van der Waals surface area contributed by atoms with Crippen LogP contribution in [0.1, 0.15) is 31.0 Å². The molecule has 1 atom stereocenters. The van der Waals surface area contributed by atoms with Crippen molar-refractivity contribution in [3.63, 3.8) is 0 Å². The lowest BCUT2D eigenvalue weighted by Gasteiger charge is -2.35. The number of nitro groups is 1. The zero-order valence-electron chi connectivity index (χ0n) is 21.2. The topological polar surface area (TPSA) is 124 Å². The van der Waals surface area contributed by atoms with Crippen LogP contribution in [0, 0.1) is 10.1 Å². The lowest BCUT2D eigenvalue weighted by atomic mass is 9.94. The Hall–Kier alpha value is -4.25. The van der Waals surface area contributed by atoms with E-state index in [1.54, 1.807) is 19.9 Å². The predicted molar refractivity (Wildman–Crippen MR) is 136 cm³/mol. The summed E-state index contributed by atoms with van der Waals surface area (Å²) in [5.74, 6) is -0.698. The molecule has 2 aromatic rings. The molecular weight excluding hydrogens is 480 g/mol. The van der Waals surface area contributed by atoms with Crippen molar-refractivity contribution < 1.29 is 28.7 Å². The number of hydrogen-bond acceptors (Lipinski definition) is 9. The number of non-ortho nitro benzene ring substituents is 1. The van der Waals surface area contributed by atoms with Gasteiger partial charge < -0.3 is 14.2 Å². The number of aliphatic imine (C=N–C) groups is 1. The van der Waals surface area contributed by atoms with E-state index in [2.05, 4.69) is 4.99 Å². The highest BCUT2D eigenvalue weighted by Crippen LogP contribution is 2.37. The van der Waals surface area contributed by atoms with Crippen molar-refractivity contribution in [2.24, 2.45) is 4.99 Å². The van der Waals surface area contributed by atoms with Crippen molar-refractivity contribution >= 4 is 23.8 Å². The van der Waals surface area contributed by atoms with E-state index in [1.807, 2.05) is 42.3 Å². The van der Waals surface area contributed by atoms with Gasteiger partial charge in [-0.25, -0.2) is 19.5 Å². The second-order valence-corrected chi connectivity index (χ2v) is 8.28. The van der Waals surface area contributed by atoms with E-state index in [-0.39, 0.29) is 36.2 Å². The molecule has 3 rings (SSSR count). The molecule has 1 heterocycles. The van der Waals surface area contributed by atoms with Gasteiger partial charge in [0.05, 0.1) is 29.9 Å². The van der Waals surface area contributed by atoms with Crippen LogP contribution >= 0.6 is 0 Å². The third-order valence-corrected chi connectivity index (χ3v) is 5.66. The third kappa shape index (κ3) is 6.70. The third-order valence-electron chi connectivity index (χ3n) is 5.66. The Morgan fingerprint density at radius 3 is 2.51 bits per heavy atom. The molecule has 37 heavy (non-hydrogen) atoms. The summed E-state index contributed by atoms with van der Waals surface area (Å²) in [6, 6.07) is 14.3. The van der Waals surface area contributed by atoms with Gasteiger partial charge in [0.1, 0.15) is 12.6 Å². The fourth-order valence-electron chi connectivity index (χ4n) is 3.95. The quantitative estimate of drug-likeness (QED) is 0.281. The number of nitro benzene ring substituents is 1. The number of carbonyl (C=O) groups is 2. The average molecular weight is 511 g/mol. The van der Waals surface area contributed by atoms with Crippen molar-refractivity contribution in [1.82, 2.24) is 9.80 Å². The molecule has 11 heteroatoms. The van der Waals surface area contributed by atoms with Crippen LogP contribution in [-0.2, 0) is 25.5 Å². The molecule has 1 aliphatic heterocycles. The summed E-state index contributed by atoms with van der Waals surface area (Å²) in [6.07, 6.45) is -0.820. The van der Waals surface area contributed by atoms with Crippen LogP contribution in [0.25, 0.3) is 0 Å². The van der Waals surface area contributed by atoms with Crippen LogP contribution in [0.3, 0.4) is 0 Å². The Labute approximate surface area is 215 Å². The van der Waals surface area contributed by atoms with Gasteiger partial charge in [-0.3, -0.25) is 15.0 Å². The van der Waals surface area contributed by atoms with E-state index in [1.165, 1.54) is 25.3 Å². The van der Waals surface area contributed by atoms with Crippen molar-refractivity contribution in [3.8, 4) is 0 Å². The van der Waals surface area contributed by atoms with Crippen LogP contribution in [0.15, 0.2) is 70.9 Å². The minimum Gasteiger partial charge on any atom is -0.468 e. The summed E-state index contributed by atoms with van der Waals surface area (Å²) in [5, 5.41) is 11.4. The molecule has 0 aliphatic carbocycles. The first-order chi connectivity index (χ1) is 17.8. The number of benzene rings is 2. The number of likely N-dealkylation sites (N-methyl/N-ethyl adjacent to an activating group) is 1. The van der Waals surface area contributed by atoms with Gasteiger partial charge in [0.2, 0.25) is 0 Å². The normalized spacial score (nSPS) is 15.3. The Bertz CT molecular complexity index is 1200. The van der Waals surface area contributed by atoms with Gasteiger partial charge in [-0.1, -0.05) is 42.5 Å². The van der Waals surface area contributed by atoms with Crippen LogP contribution in [-0.4, -0.2) is 66.7 Å². The van der Waals surface area contributed by atoms with Crippen LogP contribution < -0.4 is 0 Å². The molecule has 0 fully saturated rings. The number of esters is 1. The zero-order chi connectivity index (χ0) is 26.9. The smallest absolute Gasteiger partial charge is 0.418 e. The van der Waals surface area contributed by atoms with Gasteiger partial charge in [0.15, 0.2) is 0 Å². The summed E-state index contributed by atoms with van der Waals surface area (Å²) in [6.45, 7) is 4.48. The second kappa shape index (κ2) is 12.6. The maximum Gasteiger partial charge on any atom is 0.418 e.